The molecule has 1 amide bonds. The van der Waals surface area contributed by atoms with E-state index >= 15 is 0 Å². The van der Waals surface area contributed by atoms with Crippen molar-refractivity contribution in [2.45, 2.75) is 69.9 Å². The van der Waals surface area contributed by atoms with Gasteiger partial charge in [-0.3, -0.25) is 4.79 Å². The van der Waals surface area contributed by atoms with Gasteiger partial charge in [-0.15, -0.1) is 0 Å². The Hall–Kier alpha value is -0.620. The lowest BCUT2D eigenvalue weighted by Crippen LogP contribution is -2.45. The molecule has 0 aromatic carbocycles. The molecule has 0 aromatic rings. The van der Waals surface area contributed by atoms with Crippen molar-refractivity contribution in [1.29, 1.82) is 0 Å². The van der Waals surface area contributed by atoms with E-state index in [0.717, 1.165) is 25.9 Å². The number of carbonyl (C=O) groups is 1. The summed E-state index contributed by atoms with van der Waals surface area (Å²) in [5.41, 5.74) is 0. The van der Waals surface area contributed by atoms with Crippen molar-refractivity contribution < 1.29 is 17.9 Å². The largest absolute Gasteiger partial charge is 0.376 e. The summed E-state index contributed by atoms with van der Waals surface area (Å²) in [5, 5.41) is 0. The van der Waals surface area contributed by atoms with Crippen LogP contribution in [0.2, 0.25) is 0 Å². The molecule has 0 radical (unpaired) electrons. The average Bonchev–Trinajstić information content (AvgIpc) is 3.24. The first-order chi connectivity index (χ1) is 11.0. The third kappa shape index (κ3) is 4.69. The Kier molecular flexibility index (Phi) is 5.62. The summed E-state index contributed by atoms with van der Waals surface area (Å²) in [4.78, 5) is 14.6. The maximum atomic E-state index is 12.8. The number of hydrogen-bond donors (Lipinski definition) is 0. The van der Waals surface area contributed by atoms with Crippen LogP contribution in [0.4, 0.5) is 0 Å². The number of nitrogens with zero attached hydrogens (tertiary/aromatic N) is 1. The zero-order valence-corrected chi connectivity index (χ0v) is 14.7. The van der Waals surface area contributed by atoms with Crippen LogP contribution in [0, 0.1) is 5.92 Å². The first-order valence-electron chi connectivity index (χ1n) is 9.15. The number of hydrogen-bond acceptors (Lipinski definition) is 4. The van der Waals surface area contributed by atoms with Crippen molar-refractivity contribution in [1.82, 2.24) is 4.90 Å². The highest BCUT2D eigenvalue weighted by atomic mass is 32.2. The van der Waals surface area contributed by atoms with Crippen LogP contribution in [0.3, 0.4) is 0 Å². The Morgan fingerprint density at radius 1 is 1.09 bits per heavy atom. The molecule has 2 aliphatic heterocycles. The Morgan fingerprint density at radius 2 is 1.87 bits per heavy atom. The van der Waals surface area contributed by atoms with E-state index in [4.69, 9.17) is 4.74 Å². The second kappa shape index (κ2) is 7.51. The molecule has 0 aromatic heterocycles. The molecular weight excluding hydrogens is 314 g/mol. The van der Waals surface area contributed by atoms with Crippen LogP contribution in [0.15, 0.2) is 0 Å². The van der Waals surface area contributed by atoms with Gasteiger partial charge in [-0.2, -0.15) is 0 Å². The van der Waals surface area contributed by atoms with Crippen LogP contribution in [0.25, 0.3) is 0 Å². The third-order valence-electron chi connectivity index (χ3n) is 5.64. The maximum absolute atomic E-state index is 12.8. The highest BCUT2D eigenvalue weighted by Gasteiger charge is 2.36. The molecule has 23 heavy (non-hydrogen) atoms. The predicted octanol–water partition coefficient (Wildman–Crippen LogP) is 2.15. The van der Waals surface area contributed by atoms with E-state index in [1.165, 1.54) is 25.7 Å². The van der Waals surface area contributed by atoms with Crippen LogP contribution < -0.4 is 0 Å². The van der Waals surface area contributed by atoms with Gasteiger partial charge in [0.2, 0.25) is 5.91 Å². The number of carbonyl (C=O) groups excluding carboxylic acids is 1. The van der Waals surface area contributed by atoms with Crippen molar-refractivity contribution in [3.05, 3.63) is 0 Å². The van der Waals surface area contributed by atoms with E-state index in [2.05, 4.69) is 0 Å². The highest BCUT2D eigenvalue weighted by Crippen LogP contribution is 2.29. The van der Waals surface area contributed by atoms with Crippen molar-refractivity contribution in [3.63, 3.8) is 0 Å². The summed E-state index contributed by atoms with van der Waals surface area (Å²) < 4.78 is 29.3. The topological polar surface area (TPSA) is 63.7 Å². The van der Waals surface area contributed by atoms with Gasteiger partial charge in [-0.25, -0.2) is 8.42 Å². The molecule has 2 saturated heterocycles. The van der Waals surface area contributed by atoms with Crippen LogP contribution in [-0.2, 0) is 19.4 Å². The summed E-state index contributed by atoms with van der Waals surface area (Å²) in [7, 11) is -2.97. The van der Waals surface area contributed by atoms with Crippen molar-refractivity contribution in [2.24, 2.45) is 5.92 Å². The monoisotopic (exact) mass is 343 g/mol. The second-order valence-electron chi connectivity index (χ2n) is 7.43. The van der Waals surface area contributed by atoms with Gasteiger partial charge in [0.1, 0.15) is 0 Å². The molecule has 0 N–H and O–H groups in total. The SMILES string of the molecule is O=C(CCC1CCCC1)N(C[C@H]1CCCO1)[C@@H]1CCS(=O)(=O)C1. The fourth-order valence-electron chi connectivity index (χ4n) is 4.25. The van der Waals surface area contributed by atoms with Gasteiger partial charge in [0.15, 0.2) is 9.84 Å². The van der Waals surface area contributed by atoms with Crippen molar-refractivity contribution >= 4 is 15.7 Å². The Morgan fingerprint density at radius 3 is 2.48 bits per heavy atom. The van der Waals surface area contributed by atoms with Gasteiger partial charge >= 0.3 is 0 Å². The lowest BCUT2D eigenvalue weighted by Gasteiger charge is -2.31. The molecule has 0 unspecified atom stereocenters. The molecule has 5 nitrogen and oxygen atoms in total. The minimum absolute atomic E-state index is 0.0914. The molecule has 3 aliphatic rings. The van der Waals surface area contributed by atoms with Gasteiger partial charge in [0.25, 0.3) is 0 Å². The highest BCUT2D eigenvalue weighted by molar-refractivity contribution is 7.91. The van der Waals surface area contributed by atoms with E-state index in [9.17, 15) is 13.2 Å². The molecular formula is C17H29NO4S. The Balaban J connectivity index is 1.59. The van der Waals surface area contributed by atoms with Gasteiger partial charge in [-0.1, -0.05) is 25.7 Å². The van der Waals surface area contributed by atoms with Crippen LogP contribution in [0.1, 0.15) is 57.8 Å². The quantitative estimate of drug-likeness (QED) is 0.741. The zero-order chi connectivity index (χ0) is 16.3. The zero-order valence-electron chi connectivity index (χ0n) is 13.9. The number of ether oxygens (including phenoxy) is 1. The number of rotatable bonds is 6. The van der Waals surface area contributed by atoms with E-state index in [1.807, 2.05) is 4.90 Å². The van der Waals surface area contributed by atoms with Crippen molar-refractivity contribution in [3.8, 4) is 0 Å². The van der Waals surface area contributed by atoms with E-state index in [0.29, 0.717) is 25.3 Å². The smallest absolute Gasteiger partial charge is 0.222 e. The maximum Gasteiger partial charge on any atom is 0.222 e. The van der Waals surface area contributed by atoms with Gasteiger partial charge in [-0.05, 0) is 31.6 Å². The van der Waals surface area contributed by atoms with Crippen LogP contribution in [-0.4, -0.2) is 56.0 Å². The fourth-order valence-corrected chi connectivity index (χ4v) is 5.98. The second-order valence-corrected chi connectivity index (χ2v) is 9.66. The molecule has 3 fully saturated rings. The normalized spacial score (nSPS) is 30.8. The number of amides is 1. The lowest BCUT2D eigenvalue weighted by atomic mass is 10.0. The number of sulfone groups is 1. The predicted molar refractivity (Wildman–Crippen MR) is 88.9 cm³/mol. The summed E-state index contributed by atoms with van der Waals surface area (Å²) in [6, 6.07) is -0.139. The van der Waals surface area contributed by atoms with Gasteiger partial charge < -0.3 is 9.64 Å². The lowest BCUT2D eigenvalue weighted by molar-refractivity contribution is -0.135. The minimum Gasteiger partial charge on any atom is -0.376 e. The molecule has 0 spiro atoms. The van der Waals surface area contributed by atoms with E-state index in [-0.39, 0.29) is 29.6 Å². The molecule has 2 heterocycles. The summed E-state index contributed by atoms with van der Waals surface area (Å²) in [5.74, 6) is 1.18. The molecule has 6 heteroatoms. The summed E-state index contributed by atoms with van der Waals surface area (Å²) >= 11 is 0. The summed E-state index contributed by atoms with van der Waals surface area (Å²) in [6.07, 6.45) is 9.29. The molecule has 132 valence electrons. The minimum atomic E-state index is -2.97. The van der Waals surface area contributed by atoms with Crippen LogP contribution >= 0.6 is 0 Å². The van der Waals surface area contributed by atoms with Gasteiger partial charge in [0.05, 0.1) is 17.6 Å². The molecule has 3 rings (SSSR count). The molecule has 2 atom stereocenters. The Labute approximate surface area is 139 Å². The first kappa shape index (κ1) is 17.2. The van der Waals surface area contributed by atoms with Crippen LogP contribution in [0.5, 0.6) is 0 Å². The molecule has 1 saturated carbocycles. The van der Waals surface area contributed by atoms with Crippen molar-refractivity contribution in [2.75, 3.05) is 24.7 Å². The fraction of sp³-hybridized carbons (Fsp3) is 0.941. The third-order valence-corrected chi connectivity index (χ3v) is 7.39. The average molecular weight is 343 g/mol. The van der Waals surface area contributed by atoms with Gasteiger partial charge in [0, 0.05) is 25.6 Å². The standard InChI is InChI=1S/C17H29NO4S/c19-17(8-7-14-4-1-2-5-14)18(12-16-6-3-10-22-16)15-9-11-23(20,21)13-15/h14-16H,1-13H2/t15-,16-/m1/s1. The Bertz CT molecular complexity index is 507. The van der Waals surface area contributed by atoms with E-state index < -0.39 is 9.84 Å². The molecule has 0 bridgehead atoms. The molecule has 1 aliphatic carbocycles. The van der Waals surface area contributed by atoms with E-state index in [1.54, 1.807) is 0 Å². The summed E-state index contributed by atoms with van der Waals surface area (Å²) in [6.45, 7) is 1.33. The first-order valence-corrected chi connectivity index (χ1v) is 11.0.